The molecule has 1 N–H and O–H groups in total. The Morgan fingerprint density at radius 3 is 2.64 bits per heavy atom. The molecule has 2 heterocycles. The van der Waals surface area contributed by atoms with E-state index in [1.54, 1.807) is 12.3 Å². The van der Waals surface area contributed by atoms with Crippen LogP contribution in [0.2, 0.25) is 0 Å². The Labute approximate surface area is 81.9 Å². The SMILES string of the molecule is O=c1cc(N2CC3CCC3C2)cn[nH]1. The van der Waals surface area contributed by atoms with E-state index in [2.05, 4.69) is 15.1 Å². The lowest BCUT2D eigenvalue weighted by Crippen LogP contribution is -2.22. The predicted molar refractivity (Wildman–Crippen MR) is 53.3 cm³/mol. The fourth-order valence-corrected chi connectivity index (χ4v) is 2.51. The minimum atomic E-state index is -0.109. The summed E-state index contributed by atoms with van der Waals surface area (Å²) in [6.45, 7) is 2.21. The van der Waals surface area contributed by atoms with Gasteiger partial charge in [-0.1, -0.05) is 0 Å². The van der Waals surface area contributed by atoms with E-state index in [0.29, 0.717) is 0 Å². The van der Waals surface area contributed by atoms with E-state index in [9.17, 15) is 4.79 Å². The average molecular weight is 191 g/mol. The average Bonchev–Trinajstić information content (AvgIpc) is 2.43. The van der Waals surface area contributed by atoms with Crippen molar-refractivity contribution in [2.75, 3.05) is 18.0 Å². The third-order valence-corrected chi connectivity index (χ3v) is 3.50. The van der Waals surface area contributed by atoms with Crippen molar-refractivity contribution in [2.45, 2.75) is 12.8 Å². The molecule has 2 unspecified atom stereocenters. The molecule has 0 spiro atoms. The van der Waals surface area contributed by atoms with Gasteiger partial charge >= 0.3 is 0 Å². The molecule has 2 aliphatic rings. The van der Waals surface area contributed by atoms with Crippen molar-refractivity contribution in [3.63, 3.8) is 0 Å². The summed E-state index contributed by atoms with van der Waals surface area (Å²) in [6, 6.07) is 1.64. The lowest BCUT2D eigenvalue weighted by molar-refractivity contribution is 0.243. The van der Waals surface area contributed by atoms with Gasteiger partial charge in [-0.3, -0.25) is 4.79 Å². The summed E-state index contributed by atoms with van der Waals surface area (Å²) < 4.78 is 0. The smallest absolute Gasteiger partial charge is 0.266 e. The zero-order valence-corrected chi connectivity index (χ0v) is 7.94. The van der Waals surface area contributed by atoms with Gasteiger partial charge < -0.3 is 4.90 Å². The molecule has 74 valence electrons. The van der Waals surface area contributed by atoms with Crippen molar-refractivity contribution in [2.24, 2.45) is 11.8 Å². The Balaban J connectivity index is 1.86. The van der Waals surface area contributed by atoms with Crippen LogP contribution in [0.25, 0.3) is 0 Å². The highest BCUT2D eigenvalue weighted by molar-refractivity contribution is 5.44. The molecule has 1 aromatic rings. The summed E-state index contributed by atoms with van der Waals surface area (Å²) in [6.07, 6.45) is 4.46. The Morgan fingerprint density at radius 1 is 1.36 bits per heavy atom. The molecule has 4 heteroatoms. The summed E-state index contributed by atoms with van der Waals surface area (Å²) in [5, 5.41) is 6.22. The van der Waals surface area contributed by atoms with E-state index in [4.69, 9.17) is 0 Å². The lowest BCUT2D eigenvalue weighted by atomic mass is 9.77. The standard InChI is InChI=1S/C10H13N3O/c14-10-3-9(4-11-12-10)13-5-7-1-2-8(7)6-13/h3-4,7-8H,1-2,5-6H2,(H,12,14). The fourth-order valence-electron chi connectivity index (χ4n) is 2.51. The number of rotatable bonds is 1. The predicted octanol–water partition coefficient (Wildman–Crippen LogP) is 0.616. The van der Waals surface area contributed by atoms with E-state index in [1.165, 1.54) is 12.8 Å². The van der Waals surface area contributed by atoms with Crippen molar-refractivity contribution in [3.05, 3.63) is 22.6 Å². The second-order valence-electron chi connectivity index (χ2n) is 4.31. The van der Waals surface area contributed by atoms with E-state index >= 15 is 0 Å². The Hall–Kier alpha value is -1.32. The van der Waals surface area contributed by atoms with Gasteiger partial charge in [0.25, 0.3) is 5.56 Å². The van der Waals surface area contributed by atoms with Gasteiger partial charge in [0.2, 0.25) is 0 Å². The maximum absolute atomic E-state index is 11.1. The second-order valence-corrected chi connectivity index (χ2v) is 4.31. The zero-order valence-electron chi connectivity index (χ0n) is 7.94. The van der Waals surface area contributed by atoms with Crippen LogP contribution in [-0.4, -0.2) is 23.3 Å². The summed E-state index contributed by atoms with van der Waals surface area (Å²) in [5.74, 6) is 1.74. The van der Waals surface area contributed by atoms with Crippen molar-refractivity contribution in [1.29, 1.82) is 0 Å². The first-order valence-electron chi connectivity index (χ1n) is 5.12. The molecule has 0 aromatic carbocycles. The molecule has 2 atom stereocenters. The lowest BCUT2D eigenvalue weighted by Gasteiger charge is -2.27. The van der Waals surface area contributed by atoms with E-state index < -0.39 is 0 Å². The van der Waals surface area contributed by atoms with Crippen molar-refractivity contribution >= 4 is 5.69 Å². The van der Waals surface area contributed by atoms with Crippen LogP contribution in [0.1, 0.15) is 12.8 Å². The molecule has 14 heavy (non-hydrogen) atoms. The molecule has 2 fully saturated rings. The third kappa shape index (κ3) is 1.14. The number of fused-ring (bicyclic) bond motifs is 1. The molecule has 1 aromatic heterocycles. The van der Waals surface area contributed by atoms with Crippen LogP contribution in [0.5, 0.6) is 0 Å². The second kappa shape index (κ2) is 2.83. The molecule has 1 aliphatic heterocycles. The first-order chi connectivity index (χ1) is 6.83. The van der Waals surface area contributed by atoms with Crippen LogP contribution in [0.4, 0.5) is 5.69 Å². The van der Waals surface area contributed by atoms with E-state index in [1.807, 2.05) is 0 Å². The first kappa shape index (κ1) is 8.03. The van der Waals surface area contributed by atoms with Crippen molar-refractivity contribution in [3.8, 4) is 0 Å². The monoisotopic (exact) mass is 191 g/mol. The van der Waals surface area contributed by atoms with Crippen LogP contribution >= 0.6 is 0 Å². The highest BCUT2D eigenvalue weighted by Gasteiger charge is 2.39. The number of nitrogens with zero attached hydrogens (tertiary/aromatic N) is 2. The molecule has 1 saturated heterocycles. The van der Waals surface area contributed by atoms with Crippen LogP contribution in [0, 0.1) is 11.8 Å². The third-order valence-electron chi connectivity index (χ3n) is 3.50. The van der Waals surface area contributed by atoms with Gasteiger partial charge in [-0.2, -0.15) is 5.10 Å². The van der Waals surface area contributed by atoms with Crippen molar-refractivity contribution < 1.29 is 0 Å². The first-order valence-corrected chi connectivity index (χ1v) is 5.12. The molecule has 3 rings (SSSR count). The Bertz CT molecular complexity index is 388. The highest BCUT2D eigenvalue weighted by Crippen LogP contribution is 2.41. The topological polar surface area (TPSA) is 49.0 Å². The van der Waals surface area contributed by atoms with E-state index in [0.717, 1.165) is 30.6 Å². The van der Waals surface area contributed by atoms with Gasteiger partial charge in [-0.15, -0.1) is 0 Å². The Morgan fingerprint density at radius 2 is 2.07 bits per heavy atom. The van der Waals surface area contributed by atoms with Gasteiger partial charge in [0, 0.05) is 19.2 Å². The van der Waals surface area contributed by atoms with Crippen LogP contribution in [0.15, 0.2) is 17.1 Å². The highest BCUT2D eigenvalue weighted by atomic mass is 16.1. The molecule has 1 aliphatic carbocycles. The minimum absolute atomic E-state index is 0.109. The molecule has 0 amide bonds. The van der Waals surface area contributed by atoms with Gasteiger partial charge in [-0.05, 0) is 24.7 Å². The number of H-pyrrole nitrogens is 1. The number of nitrogens with one attached hydrogen (secondary N) is 1. The number of hydrogen-bond donors (Lipinski definition) is 1. The van der Waals surface area contributed by atoms with Gasteiger partial charge in [0.1, 0.15) is 0 Å². The molecule has 0 radical (unpaired) electrons. The van der Waals surface area contributed by atoms with E-state index in [-0.39, 0.29) is 5.56 Å². The summed E-state index contributed by atoms with van der Waals surface area (Å²) in [5.41, 5.74) is 0.866. The molecular weight excluding hydrogens is 178 g/mol. The molecule has 0 bridgehead atoms. The quantitative estimate of drug-likeness (QED) is 0.707. The molecular formula is C10H13N3O. The maximum atomic E-state index is 11.1. The van der Waals surface area contributed by atoms with Crippen LogP contribution in [-0.2, 0) is 0 Å². The zero-order chi connectivity index (χ0) is 9.54. The minimum Gasteiger partial charge on any atom is -0.369 e. The normalized spacial score (nSPS) is 29.9. The van der Waals surface area contributed by atoms with Gasteiger partial charge in [0.05, 0.1) is 11.9 Å². The number of aromatic amines is 1. The van der Waals surface area contributed by atoms with Crippen molar-refractivity contribution in [1.82, 2.24) is 10.2 Å². The molecule has 4 nitrogen and oxygen atoms in total. The number of anilines is 1. The summed E-state index contributed by atoms with van der Waals surface area (Å²) >= 11 is 0. The Kier molecular flexibility index (Phi) is 1.63. The van der Waals surface area contributed by atoms with Crippen LogP contribution in [0.3, 0.4) is 0 Å². The summed E-state index contributed by atoms with van der Waals surface area (Å²) in [4.78, 5) is 13.4. The largest absolute Gasteiger partial charge is 0.369 e. The van der Waals surface area contributed by atoms with Crippen LogP contribution < -0.4 is 10.5 Å². The number of aromatic nitrogens is 2. The fraction of sp³-hybridized carbons (Fsp3) is 0.600. The van der Waals surface area contributed by atoms with Gasteiger partial charge in [0.15, 0.2) is 0 Å². The molecule has 1 saturated carbocycles. The van der Waals surface area contributed by atoms with Gasteiger partial charge in [-0.25, -0.2) is 5.10 Å². The summed E-state index contributed by atoms with van der Waals surface area (Å²) in [7, 11) is 0. The number of hydrogen-bond acceptors (Lipinski definition) is 3. The maximum Gasteiger partial charge on any atom is 0.266 e.